The molecule has 16 heavy (non-hydrogen) atoms. The van der Waals surface area contributed by atoms with E-state index in [9.17, 15) is 4.79 Å². The number of carbonyl (C=O) groups excluding carboxylic acids is 1. The van der Waals surface area contributed by atoms with Crippen LogP contribution in [0.1, 0.15) is 39.0 Å². The number of carbonyl (C=O) groups is 1. The Bertz CT molecular complexity index is 286. The van der Waals surface area contributed by atoms with Crippen LogP contribution >= 0.6 is 0 Å². The molecule has 0 spiro atoms. The number of nitrogens with one attached hydrogen (secondary N) is 1. The van der Waals surface area contributed by atoms with Crippen LogP contribution in [0.3, 0.4) is 0 Å². The van der Waals surface area contributed by atoms with Gasteiger partial charge in [-0.1, -0.05) is 0 Å². The van der Waals surface area contributed by atoms with Gasteiger partial charge < -0.3 is 10.4 Å². The van der Waals surface area contributed by atoms with Crippen LogP contribution in [0, 0.1) is 23.7 Å². The number of hydrogen-bond donors (Lipinski definition) is 2. The van der Waals surface area contributed by atoms with E-state index in [1.54, 1.807) is 6.92 Å². The topological polar surface area (TPSA) is 49.3 Å². The van der Waals surface area contributed by atoms with Crippen molar-refractivity contribution in [3.05, 3.63) is 0 Å². The highest BCUT2D eigenvalue weighted by molar-refractivity contribution is 5.76. The van der Waals surface area contributed by atoms with Gasteiger partial charge in [-0.05, 0) is 56.3 Å². The van der Waals surface area contributed by atoms with Gasteiger partial charge in [0.15, 0.2) is 0 Å². The second-order valence-corrected chi connectivity index (χ2v) is 5.97. The van der Waals surface area contributed by atoms with Crippen molar-refractivity contribution in [1.82, 2.24) is 5.32 Å². The second-order valence-electron chi connectivity index (χ2n) is 5.97. The molecular weight excluding hydrogens is 202 g/mol. The highest BCUT2D eigenvalue weighted by Crippen LogP contribution is 2.65. The Morgan fingerprint density at radius 3 is 2.56 bits per heavy atom. The maximum absolute atomic E-state index is 11.6. The molecule has 3 heteroatoms. The van der Waals surface area contributed by atoms with Crippen molar-refractivity contribution in [3.8, 4) is 0 Å². The number of aliphatic hydroxyl groups excluding tert-OH is 1. The molecule has 5 unspecified atom stereocenters. The van der Waals surface area contributed by atoms with Gasteiger partial charge in [-0.2, -0.15) is 0 Å². The van der Waals surface area contributed by atoms with Gasteiger partial charge in [0, 0.05) is 12.5 Å². The van der Waals surface area contributed by atoms with Gasteiger partial charge in [0.25, 0.3) is 0 Å². The molecule has 3 fully saturated rings. The zero-order chi connectivity index (χ0) is 11.3. The predicted molar refractivity (Wildman–Crippen MR) is 60.7 cm³/mol. The van der Waals surface area contributed by atoms with E-state index in [1.807, 2.05) is 0 Å². The maximum atomic E-state index is 11.6. The number of aliphatic hydroxyl groups is 1. The first kappa shape index (κ1) is 10.6. The highest BCUT2D eigenvalue weighted by Gasteiger charge is 2.65. The average molecular weight is 223 g/mol. The number of fused-ring (bicyclic) bond motifs is 5. The summed E-state index contributed by atoms with van der Waals surface area (Å²) in [7, 11) is 0. The Morgan fingerprint density at radius 1 is 1.38 bits per heavy atom. The van der Waals surface area contributed by atoms with Crippen LogP contribution < -0.4 is 5.32 Å². The zero-order valence-electron chi connectivity index (χ0n) is 9.86. The van der Waals surface area contributed by atoms with Gasteiger partial charge in [-0.15, -0.1) is 0 Å². The third-order valence-electron chi connectivity index (χ3n) is 4.85. The molecule has 0 aliphatic heterocycles. The Balaban J connectivity index is 1.46. The van der Waals surface area contributed by atoms with Crippen molar-refractivity contribution in [2.75, 3.05) is 0 Å². The van der Waals surface area contributed by atoms with Crippen LogP contribution in [-0.2, 0) is 4.79 Å². The number of hydrogen-bond acceptors (Lipinski definition) is 2. The Labute approximate surface area is 96.6 Å². The summed E-state index contributed by atoms with van der Waals surface area (Å²) in [5.74, 6) is 3.59. The standard InChI is InChI=1S/C13H21NO2/c1-7(15)2-5-10(16)14-13-11-8-3-4-9(6-8)12(11)13/h7-9,11-13,15H,2-6H2,1H3,(H,14,16). The van der Waals surface area contributed by atoms with Gasteiger partial charge in [0.05, 0.1) is 6.10 Å². The zero-order valence-corrected chi connectivity index (χ0v) is 9.86. The van der Waals surface area contributed by atoms with Gasteiger partial charge in [-0.3, -0.25) is 4.79 Å². The Hall–Kier alpha value is -0.570. The van der Waals surface area contributed by atoms with E-state index < -0.39 is 0 Å². The minimum atomic E-state index is -0.361. The Morgan fingerprint density at radius 2 is 2.00 bits per heavy atom. The summed E-state index contributed by atoms with van der Waals surface area (Å²) < 4.78 is 0. The van der Waals surface area contributed by atoms with E-state index in [-0.39, 0.29) is 12.0 Å². The minimum Gasteiger partial charge on any atom is -0.393 e. The molecule has 2 bridgehead atoms. The molecule has 0 aromatic carbocycles. The lowest BCUT2D eigenvalue weighted by Gasteiger charge is -2.11. The lowest BCUT2D eigenvalue weighted by molar-refractivity contribution is -0.122. The van der Waals surface area contributed by atoms with Crippen LogP contribution in [0.15, 0.2) is 0 Å². The summed E-state index contributed by atoms with van der Waals surface area (Å²) in [5.41, 5.74) is 0. The van der Waals surface area contributed by atoms with Gasteiger partial charge in [-0.25, -0.2) is 0 Å². The van der Waals surface area contributed by atoms with Crippen molar-refractivity contribution in [1.29, 1.82) is 0 Å². The number of amides is 1. The Kier molecular flexibility index (Phi) is 2.46. The summed E-state index contributed by atoms with van der Waals surface area (Å²) in [6, 6.07) is 0.493. The minimum absolute atomic E-state index is 0.139. The van der Waals surface area contributed by atoms with Crippen molar-refractivity contribution >= 4 is 5.91 Å². The number of rotatable bonds is 4. The van der Waals surface area contributed by atoms with Crippen LogP contribution in [0.4, 0.5) is 0 Å². The molecule has 3 nitrogen and oxygen atoms in total. The lowest BCUT2D eigenvalue weighted by atomic mass is 10.0. The summed E-state index contributed by atoms with van der Waals surface area (Å²) in [6.07, 6.45) is 4.91. The summed E-state index contributed by atoms with van der Waals surface area (Å²) in [6.45, 7) is 1.74. The van der Waals surface area contributed by atoms with E-state index in [1.165, 1.54) is 19.3 Å². The third-order valence-corrected chi connectivity index (χ3v) is 4.85. The molecule has 90 valence electrons. The molecular formula is C13H21NO2. The third kappa shape index (κ3) is 1.65. The van der Waals surface area contributed by atoms with Crippen molar-refractivity contribution in [2.24, 2.45) is 23.7 Å². The molecule has 3 aliphatic rings. The molecule has 2 N–H and O–H groups in total. The molecule has 5 atom stereocenters. The first-order valence-electron chi connectivity index (χ1n) is 6.64. The van der Waals surface area contributed by atoms with Crippen LogP contribution in [0.2, 0.25) is 0 Å². The fourth-order valence-electron chi connectivity index (χ4n) is 4.12. The van der Waals surface area contributed by atoms with Crippen LogP contribution in [0.5, 0.6) is 0 Å². The van der Waals surface area contributed by atoms with E-state index >= 15 is 0 Å². The summed E-state index contributed by atoms with van der Waals surface area (Å²) in [5, 5.41) is 12.3. The summed E-state index contributed by atoms with van der Waals surface area (Å²) in [4.78, 5) is 11.6. The van der Waals surface area contributed by atoms with E-state index in [4.69, 9.17) is 5.11 Å². The van der Waals surface area contributed by atoms with Crippen LogP contribution in [-0.4, -0.2) is 23.2 Å². The smallest absolute Gasteiger partial charge is 0.220 e. The lowest BCUT2D eigenvalue weighted by Crippen LogP contribution is -2.30. The molecule has 0 aromatic heterocycles. The monoisotopic (exact) mass is 223 g/mol. The molecule has 1 amide bonds. The van der Waals surface area contributed by atoms with Crippen molar-refractivity contribution in [2.45, 2.75) is 51.2 Å². The first-order valence-corrected chi connectivity index (χ1v) is 6.64. The fraction of sp³-hybridized carbons (Fsp3) is 0.923. The average Bonchev–Trinajstić information content (AvgIpc) is 2.66. The van der Waals surface area contributed by atoms with Gasteiger partial charge in [0.2, 0.25) is 5.91 Å². The maximum Gasteiger partial charge on any atom is 0.220 e. The normalized spacial score (nSPS) is 45.2. The van der Waals surface area contributed by atoms with E-state index in [0.717, 1.165) is 23.7 Å². The SMILES string of the molecule is CC(O)CCC(=O)NC1C2C3CCC(C3)C12. The molecule has 3 aliphatic carbocycles. The predicted octanol–water partition coefficient (Wildman–Crippen LogP) is 1.31. The van der Waals surface area contributed by atoms with Gasteiger partial charge >= 0.3 is 0 Å². The molecule has 0 heterocycles. The van der Waals surface area contributed by atoms with Crippen molar-refractivity contribution in [3.63, 3.8) is 0 Å². The molecule has 0 radical (unpaired) electrons. The molecule has 0 aromatic rings. The summed E-state index contributed by atoms with van der Waals surface area (Å²) >= 11 is 0. The first-order chi connectivity index (χ1) is 7.66. The molecule has 0 saturated heterocycles. The van der Waals surface area contributed by atoms with Crippen molar-refractivity contribution < 1.29 is 9.90 Å². The van der Waals surface area contributed by atoms with Gasteiger partial charge in [0.1, 0.15) is 0 Å². The highest BCUT2D eigenvalue weighted by atomic mass is 16.3. The van der Waals surface area contributed by atoms with E-state index in [0.29, 0.717) is 18.9 Å². The quantitative estimate of drug-likeness (QED) is 0.755. The largest absolute Gasteiger partial charge is 0.393 e. The molecule has 3 saturated carbocycles. The van der Waals surface area contributed by atoms with Crippen LogP contribution in [0.25, 0.3) is 0 Å². The van der Waals surface area contributed by atoms with E-state index in [2.05, 4.69) is 5.32 Å². The molecule has 3 rings (SSSR count). The fourth-order valence-corrected chi connectivity index (χ4v) is 4.12. The second kappa shape index (κ2) is 3.73.